The molecule has 2 aromatic rings. The molecule has 2 aromatic carbocycles. The van der Waals surface area contributed by atoms with Gasteiger partial charge in [0.2, 0.25) is 0 Å². The molecule has 0 aliphatic carbocycles. The van der Waals surface area contributed by atoms with Crippen molar-refractivity contribution in [3.63, 3.8) is 0 Å². The van der Waals surface area contributed by atoms with Gasteiger partial charge in [-0.05, 0) is 68.8 Å². The van der Waals surface area contributed by atoms with E-state index in [0.717, 1.165) is 0 Å². The van der Waals surface area contributed by atoms with Crippen LogP contribution in [0.25, 0.3) is 0 Å². The van der Waals surface area contributed by atoms with E-state index in [2.05, 4.69) is 4.90 Å². The maximum absolute atomic E-state index is 13.6. The van der Waals surface area contributed by atoms with Gasteiger partial charge in [-0.2, -0.15) is 0 Å². The molecule has 176 valence electrons. The van der Waals surface area contributed by atoms with Crippen LogP contribution in [0.15, 0.2) is 47.4 Å². The molecule has 0 aromatic heterocycles. The maximum atomic E-state index is 13.6. The lowest BCUT2D eigenvalue weighted by Gasteiger charge is -2.32. The summed E-state index contributed by atoms with van der Waals surface area (Å²) in [6, 6.07) is 10.2. The summed E-state index contributed by atoms with van der Waals surface area (Å²) in [5.74, 6) is 0. The maximum Gasteiger partial charge on any atom is 0.264 e. The summed E-state index contributed by atoms with van der Waals surface area (Å²) in [6.07, 6.45) is 2.32. The summed E-state index contributed by atoms with van der Waals surface area (Å²) in [4.78, 5) is 2.14. The van der Waals surface area contributed by atoms with E-state index >= 15 is 0 Å². The van der Waals surface area contributed by atoms with Crippen LogP contribution in [0.1, 0.15) is 19.8 Å². The number of halogens is 3. The van der Waals surface area contributed by atoms with Crippen LogP contribution in [0.2, 0.25) is 15.1 Å². The summed E-state index contributed by atoms with van der Waals surface area (Å²) in [6.45, 7) is 3.46. The minimum absolute atomic E-state index is 0.0862. The minimum Gasteiger partial charge on any atom is -0.302 e. The third-order valence-corrected chi connectivity index (χ3v) is 9.96. The average molecular weight is 540 g/mol. The molecule has 1 aliphatic heterocycles. The van der Waals surface area contributed by atoms with Crippen LogP contribution in [-0.4, -0.2) is 58.9 Å². The van der Waals surface area contributed by atoms with Gasteiger partial charge in [0, 0.05) is 35.4 Å². The van der Waals surface area contributed by atoms with E-state index < -0.39 is 25.9 Å². The highest BCUT2D eigenvalue weighted by Crippen LogP contribution is 2.35. The topological polar surface area (TPSA) is 74.8 Å². The van der Waals surface area contributed by atoms with Gasteiger partial charge in [0.25, 0.3) is 10.0 Å². The number of sulfone groups is 1. The van der Waals surface area contributed by atoms with Crippen LogP contribution in [0.5, 0.6) is 0 Å². The SMILES string of the molecule is CC(CCN1CC[C@@H](S(C)(=O)=O)C1)N(c1cc(Cl)ccc1Cl)S(=O)(=O)c1ccc(Cl)cc1. The lowest BCUT2D eigenvalue weighted by Crippen LogP contribution is -2.41. The molecule has 0 radical (unpaired) electrons. The molecule has 32 heavy (non-hydrogen) atoms. The number of hydrogen-bond donors (Lipinski definition) is 0. The van der Waals surface area contributed by atoms with Gasteiger partial charge >= 0.3 is 0 Å². The lowest BCUT2D eigenvalue weighted by molar-refractivity contribution is 0.325. The summed E-state index contributed by atoms with van der Waals surface area (Å²) >= 11 is 18.5. The van der Waals surface area contributed by atoms with E-state index in [9.17, 15) is 16.8 Å². The molecular weight excluding hydrogens is 515 g/mol. The van der Waals surface area contributed by atoms with Crippen molar-refractivity contribution < 1.29 is 16.8 Å². The number of rotatable bonds is 8. The Hall–Kier alpha value is -1.03. The molecule has 1 unspecified atom stereocenters. The van der Waals surface area contributed by atoms with Crippen LogP contribution in [0.3, 0.4) is 0 Å². The molecule has 11 heteroatoms. The van der Waals surface area contributed by atoms with Crippen LogP contribution in [-0.2, 0) is 19.9 Å². The molecule has 1 fully saturated rings. The second kappa shape index (κ2) is 10.1. The molecular formula is C21H25Cl3N2O4S2. The van der Waals surface area contributed by atoms with Crippen molar-refractivity contribution in [3.8, 4) is 0 Å². The Labute approximate surface area is 205 Å². The monoisotopic (exact) mass is 538 g/mol. The molecule has 0 saturated carbocycles. The second-order valence-corrected chi connectivity index (χ2v) is 13.4. The van der Waals surface area contributed by atoms with Crippen molar-refractivity contribution in [2.45, 2.75) is 36.0 Å². The Kier molecular flexibility index (Phi) is 8.06. The van der Waals surface area contributed by atoms with Gasteiger partial charge in [0.15, 0.2) is 9.84 Å². The van der Waals surface area contributed by atoms with E-state index in [4.69, 9.17) is 34.8 Å². The highest BCUT2D eigenvalue weighted by Gasteiger charge is 2.33. The first kappa shape index (κ1) is 25.6. The third kappa shape index (κ3) is 5.90. The smallest absolute Gasteiger partial charge is 0.264 e. The molecule has 1 saturated heterocycles. The van der Waals surface area contributed by atoms with Crippen LogP contribution in [0, 0.1) is 0 Å². The van der Waals surface area contributed by atoms with Crippen molar-refractivity contribution in [1.82, 2.24) is 4.90 Å². The first-order valence-electron chi connectivity index (χ1n) is 10.1. The zero-order valence-electron chi connectivity index (χ0n) is 17.7. The van der Waals surface area contributed by atoms with Crippen LogP contribution < -0.4 is 4.31 Å². The fourth-order valence-electron chi connectivity index (χ4n) is 3.81. The quantitative estimate of drug-likeness (QED) is 0.484. The molecule has 0 N–H and O–H groups in total. The largest absolute Gasteiger partial charge is 0.302 e. The first-order valence-corrected chi connectivity index (χ1v) is 14.6. The second-order valence-electron chi connectivity index (χ2n) is 8.03. The summed E-state index contributed by atoms with van der Waals surface area (Å²) in [5, 5.41) is 0.674. The molecule has 0 spiro atoms. The van der Waals surface area contributed by atoms with Gasteiger partial charge in [0.05, 0.1) is 20.9 Å². The Bertz CT molecular complexity index is 1170. The highest BCUT2D eigenvalue weighted by atomic mass is 35.5. The van der Waals surface area contributed by atoms with Gasteiger partial charge < -0.3 is 4.90 Å². The van der Waals surface area contributed by atoms with Crippen molar-refractivity contribution in [1.29, 1.82) is 0 Å². The highest BCUT2D eigenvalue weighted by molar-refractivity contribution is 7.93. The normalized spacial score (nSPS) is 18.6. The summed E-state index contributed by atoms with van der Waals surface area (Å²) < 4.78 is 52.2. The predicted molar refractivity (Wildman–Crippen MR) is 131 cm³/mol. The number of hydrogen-bond acceptors (Lipinski definition) is 5. The Morgan fingerprint density at radius 2 is 1.66 bits per heavy atom. The van der Waals surface area contributed by atoms with Gasteiger partial charge in [-0.15, -0.1) is 0 Å². The number of nitrogens with zero attached hydrogens (tertiary/aromatic N) is 2. The van der Waals surface area contributed by atoms with E-state index in [1.165, 1.54) is 40.9 Å². The van der Waals surface area contributed by atoms with Crippen molar-refractivity contribution >= 4 is 60.4 Å². The number of benzene rings is 2. The van der Waals surface area contributed by atoms with Crippen LogP contribution >= 0.6 is 34.8 Å². The zero-order valence-corrected chi connectivity index (χ0v) is 21.6. The van der Waals surface area contributed by atoms with Crippen LogP contribution in [0.4, 0.5) is 5.69 Å². The fraction of sp³-hybridized carbons (Fsp3) is 0.429. The van der Waals surface area contributed by atoms with Crippen molar-refractivity contribution in [2.75, 3.05) is 30.2 Å². The lowest BCUT2D eigenvalue weighted by atomic mass is 10.2. The van der Waals surface area contributed by atoms with Gasteiger partial charge in [-0.25, -0.2) is 16.8 Å². The van der Waals surface area contributed by atoms with Gasteiger partial charge in [-0.3, -0.25) is 4.31 Å². The molecule has 2 atom stereocenters. The standard InChI is InChI=1S/C21H25Cl3N2O4S2/c1-15(9-11-25-12-10-19(14-25)31(2,27)28)26(21-13-17(23)5-8-20(21)24)32(29,30)18-6-3-16(22)4-7-18/h3-8,13,15,19H,9-12,14H2,1-2H3/t15?,19-/m1/s1. The molecule has 1 aliphatic rings. The average Bonchev–Trinajstić information content (AvgIpc) is 3.19. The number of sulfonamides is 1. The molecule has 0 bridgehead atoms. The Morgan fingerprint density at radius 3 is 2.25 bits per heavy atom. The Balaban J connectivity index is 1.89. The van der Waals surface area contributed by atoms with Crippen molar-refractivity contribution in [2.24, 2.45) is 0 Å². The Morgan fingerprint density at radius 1 is 1.03 bits per heavy atom. The minimum atomic E-state index is -3.97. The van der Waals surface area contributed by atoms with Gasteiger partial charge in [-0.1, -0.05) is 34.8 Å². The van der Waals surface area contributed by atoms with Crippen molar-refractivity contribution in [3.05, 3.63) is 57.5 Å². The zero-order chi connectivity index (χ0) is 23.7. The first-order chi connectivity index (χ1) is 14.9. The third-order valence-electron chi connectivity index (χ3n) is 5.61. The number of anilines is 1. The molecule has 3 rings (SSSR count). The molecule has 0 amide bonds. The van der Waals surface area contributed by atoms with E-state index in [-0.39, 0.29) is 20.9 Å². The van der Waals surface area contributed by atoms with E-state index in [1.807, 2.05) is 0 Å². The predicted octanol–water partition coefficient (Wildman–Crippen LogP) is 4.74. The molecule has 1 heterocycles. The fourth-order valence-corrected chi connectivity index (χ4v) is 7.08. The summed E-state index contributed by atoms with van der Waals surface area (Å²) in [5.41, 5.74) is 0.289. The van der Waals surface area contributed by atoms with E-state index in [1.54, 1.807) is 19.1 Å². The molecule has 6 nitrogen and oxygen atoms in total. The summed E-state index contributed by atoms with van der Waals surface area (Å²) in [7, 11) is -7.07. The van der Waals surface area contributed by atoms with E-state index in [0.29, 0.717) is 42.5 Å². The number of likely N-dealkylation sites (tertiary alicyclic amines) is 1. The van der Waals surface area contributed by atoms with Gasteiger partial charge in [0.1, 0.15) is 0 Å².